The Bertz CT molecular complexity index is 1250. The van der Waals surface area contributed by atoms with Gasteiger partial charge in [0, 0.05) is 12.8 Å². The van der Waals surface area contributed by atoms with Gasteiger partial charge in [-0.3, -0.25) is 9.80 Å². The number of carbonyl (C=O) groups is 1. The van der Waals surface area contributed by atoms with Crippen LogP contribution in [0, 0.1) is 6.92 Å². The molecule has 7 heteroatoms. The van der Waals surface area contributed by atoms with Gasteiger partial charge in [0.2, 0.25) is 0 Å². The van der Waals surface area contributed by atoms with Crippen LogP contribution >= 0.6 is 0 Å². The Labute approximate surface area is 202 Å². The summed E-state index contributed by atoms with van der Waals surface area (Å²) in [4.78, 5) is 11.6. The third-order valence-corrected chi connectivity index (χ3v) is 6.23. The van der Waals surface area contributed by atoms with E-state index in [1.807, 2.05) is 43.3 Å². The maximum atomic E-state index is 13.2. The van der Waals surface area contributed by atoms with Crippen LogP contribution in [0.5, 0.6) is 0 Å². The summed E-state index contributed by atoms with van der Waals surface area (Å²) in [7, 11) is 0. The van der Waals surface area contributed by atoms with Crippen LogP contribution in [-0.2, 0) is 17.8 Å². The van der Waals surface area contributed by atoms with Gasteiger partial charge in [0.15, 0.2) is 0 Å². The average molecular weight is 481 g/mol. The summed E-state index contributed by atoms with van der Waals surface area (Å²) in [6, 6.07) is 20.7. The molecule has 1 unspecified atom stereocenters. The molecule has 0 amide bonds. The number of rotatable bonds is 7. The Hall–Kier alpha value is -3.45. The van der Waals surface area contributed by atoms with Gasteiger partial charge in [-0.2, -0.15) is 18.3 Å². The van der Waals surface area contributed by atoms with Crippen LogP contribution in [-0.4, -0.2) is 28.8 Å². The number of alkyl halides is 3. The summed E-state index contributed by atoms with van der Waals surface area (Å²) in [5.74, 6) is -0.169. The fourth-order valence-electron chi connectivity index (χ4n) is 4.40. The highest BCUT2D eigenvalue weighted by Crippen LogP contribution is 2.33. The lowest BCUT2D eigenvalue weighted by Crippen LogP contribution is -2.29. The largest absolute Gasteiger partial charge is 0.431 e. The highest BCUT2D eigenvalue weighted by atomic mass is 19.4. The van der Waals surface area contributed by atoms with Crippen LogP contribution in [0.3, 0.4) is 0 Å². The molecule has 4 rings (SSSR count). The number of nitrogens with zero attached hydrogens (tertiary/aromatic N) is 2. The first-order chi connectivity index (χ1) is 16.6. The highest BCUT2D eigenvalue weighted by molar-refractivity contribution is 5.94. The van der Waals surface area contributed by atoms with Gasteiger partial charge in [0.05, 0.1) is 18.3 Å². The zero-order valence-electron chi connectivity index (χ0n) is 19.6. The second-order valence-electron chi connectivity index (χ2n) is 9.00. The van der Waals surface area contributed by atoms with Crippen molar-refractivity contribution in [3.63, 3.8) is 0 Å². The number of aryl methyl sites for hydroxylation is 1. The van der Waals surface area contributed by atoms with E-state index < -0.39 is 17.9 Å². The number of Topliss-reactive ketones (excluding diaryl/α,β-unsaturated/α-hetero) is 1. The summed E-state index contributed by atoms with van der Waals surface area (Å²) in [6.45, 7) is 3.42. The molecule has 35 heavy (non-hydrogen) atoms. The van der Waals surface area contributed by atoms with E-state index in [0.29, 0.717) is 12.1 Å². The van der Waals surface area contributed by atoms with Crippen molar-refractivity contribution in [1.82, 2.24) is 0 Å². The SMILES string of the molecule is CC(=O)CC1CC(C(F)(F)F)=NN1c1ccc(Cc2ccc(-c3cccc(CO)c3)cc2C)cc1. The van der Waals surface area contributed by atoms with Crippen LogP contribution in [0.4, 0.5) is 18.9 Å². The Morgan fingerprint density at radius 3 is 2.37 bits per heavy atom. The van der Waals surface area contributed by atoms with Crippen molar-refractivity contribution in [3.05, 3.63) is 89.0 Å². The third-order valence-electron chi connectivity index (χ3n) is 6.23. The molecule has 4 nitrogen and oxygen atoms in total. The Morgan fingerprint density at radius 1 is 1.03 bits per heavy atom. The second kappa shape index (κ2) is 10.0. The Kier molecular flexibility index (Phi) is 7.08. The van der Waals surface area contributed by atoms with E-state index in [9.17, 15) is 23.1 Å². The molecule has 1 heterocycles. The van der Waals surface area contributed by atoms with Crippen molar-refractivity contribution in [2.24, 2.45) is 5.10 Å². The van der Waals surface area contributed by atoms with Crippen molar-refractivity contribution in [3.8, 4) is 11.1 Å². The minimum atomic E-state index is -4.51. The number of aliphatic hydroxyl groups is 1. The van der Waals surface area contributed by atoms with Crippen LogP contribution in [0.25, 0.3) is 11.1 Å². The number of benzene rings is 3. The maximum Gasteiger partial charge on any atom is 0.431 e. The molecule has 1 aliphatic rings. The van der Waals surface area contributed by atoms with Crippen molar-refractivity contribution >= 4 is 17.2 Å². The van der Waals surface area contributed by atoms with Gasteiger partial charge in [0.25, 0.3) is 0 Å². The summed E-state index contributed by atoms with van der Waals surface area (Å²) in [5.41, 5.74) is 5.95. The standard InChI is InChI=1S/C28H27F3N2O2/c1-18-12-24(23-5-3-4-21(15-23)17-34)9-8-22(18)14-20-6-10-25(11-7-20)33-26(13-19(2)35)16-27(32-33)28(29,30)31/h3-12,15,26,34H,13-14,16-17H2,1-2H3. The molecule has 3 aromatic rings. The van der Waals surface area contributed by atoms with Gasteiger partial charge < -0.3 is 5.11 Å². The molecule has 0 bridgehead atoms. The molecule has 182 valence electrons. The molecular formula is C28H27F3N2O2. The van der Waals surface area contributed by atoms with E-state index in [4.69, 9.17) is 0 Å². The Balaban J connectivity index is 1.52. The van der Waals surface area contributed by atoms with Crippen molar-refractivity contribution in [2.45, 2.75) is 51.9 Å². The molecule has 0 aliphatic carbocycles. The van der Waals surface area contributed by atoms with E-state index in [-0.39, 0.29) is 25.2 Å². The lowest BCUT2D eigenvalue weighted by Gasteiger charge is -2.23. The van der Waals surface area contributed by atoms with Gasteiger partial charge >= 0.3 is 6.18 Å². The zero-order valence-corrected chi connectivity index (χ0v) is 19.6. The predicted octanol–water partition coefficient (Wildman–Crippen LogP) is 6.22. The molecule has 0 aromatic heterocycles. The highest BCUT2D eigenvalue weighted by Gasteiger charge is 2.43. The monoisotopic (exact) mass is 480 g/mol. The van der Waals surface area contributed by atoms with Crippen molar-refractivity contribution in [1.29, 1.82) is 0 Å². The summed E-state index contributed by atoms with van der Waals surface area (Å²) >= 11 is 0. The average Bonchev–Trinajstić information content (AvgIpc) is 3.24. The third kappa shape index (κ3) is 5.80. The van der Waals surface area contributed by atoms with Crippen LogP contribution in [0.1, 0.15) is 42.0 Å². The number of carbonyl (C=O) groups excluding carboxylic acids is 1. The molecule has 0 saturated heterocycles. The number of anilines is 1. The van der Waals surface area contributed by atoms with E-state index in [1.54, 1.807) is 12.1 Å². The lowest BCUT2D eigenvalue weighted by atomic mass is 9.95. The number of hydrogen-bond acceptors (Lipinski definition) is 4. The van der Waals surface area contributed by atoms with Crippen molar-refractivity contribution < 1.29 is 23.1 Å². The summed E-state index contributed by atoms with van der Waals surface area (Å²) in [5, 5.41) is 14.5. The molecule has 0 fully saturated rings. The first-order valence-corrected chi connectivity index (χ1v) is 11.5. The molecule has 0 saturated carbocycles. The fraction of sp³-hybridized carbons (Fsp3) is 0.286. The smallest absolute Gasteiger partial charge is 0.392 e. The first kappa shape index (κ1) is 24.7. The van der Waals surface area contributed by atoms with Gasteiger partial charge in [-0.15, -0.1) is 0 Å². The number of aliphatic hydroxyl groups excluding tert-OH is 1. The topological polar surface area (TPSA) is 52.9 Å². The van der Waals surface area contributed by atoms with E-state index >= 15 is 0 Å². The summed E-state index contributed by atoms with van der Waals surface area (Å²) < 4.78 is 39.7. The molecule has 1 N–H and O–H groups in total. The minimum absolute atomic E-state index is 0.00332. The van der Waals surface area contributed by atoms with Crippen LogP contribution in [0.2, 0.25) is 0 Å². The summed E-state index contributed by atoms with van der Waals surface area (Å²) in [6.07, 6.45) is -4.11. The normalized spacial score (nSPS) is 15.9. The van der Waals surface area contributed by atoms with E-state index in [0.717, 1.165) is 33.4 Å². The number of hydrogen-bond donors (Lipinski definition) is 1. The maximum absolute atomic E-state index is 13.2. The van der Waals surface area contributed by atoms with Crippen molar-refractivity contribution in [2.75, 3.05) is 5.01 Å². The molecule has 1 atom stereocenters. The zero-order chi connectivity index (χ0) is 25.2. The molecular weight excluding hydrogens is 453 g/mol. The van der Waals surface area contributed by atoms with Crippen LogP contribution in [0.15, 0.2) is 71.8 Å². The van der Waals surface area contributed by atoms with Gasteiger partial charge in [0.1, 0.15) is 11.5 Å². The lowest BCUT2D eigenvalue weighted by molar-refractivity contribution is -0.117. The van der Waals surface area contributed by atoms with E-state index in [2.05, 4.69) is 23.3 Å². The molecule has 3 aromatic carbocycles. The number of ketones is 1. The van der Waals surface area contributed by atoms with Gasteiger partial charge in [-0.25, -0.2) is 0 Å². The molecule has 0 spiro atoms. The fourth-order valence-corrected chi connectivity index (χ4v) is 4.40. The second-order valence-corrected chi connectivity index (χ2v) is 9.00. The minimum Gasteiger partial charge on any atom is -0.392 e. The molecule has 1 aliphatic heterocycles. The Morgan fingerprint density at radius 2 is 1.74 bits per heavy atom. The first-order valence-electron chi connectivity index (χ1n) is 11.5. The van der Waals surface area contributed by atoms with Crippen LogP contribution < -0.4 is 5.01 Å². The van der Waals surface area contributed by atoms with E-state index in [1.165, 1.54) is 11.9 Å². The predicted molar refractivity (Wildman–Crippen MR) is 131 cm³/mol. The number of hydrazone groups is 1. The number of halogens is 3. The van der Waals surface area contributed by atoms with Gasteiger partial charge in [-0.05, 0) is 71.8 Å². The molecule has 0 radical (unpaired) electrons. The quantitative estimate of drug-likeness (QED) is 0.437. The van der Waals surface area contributed by atoms with Gasteiger partial charge in [-0.1, -0.05) is 48.5 Å².